The number of rotatable bonds is 2. The molecule has 0 aromatic carbocycles. The summed E-state index contributed by atoms with van der Waals surface area (Å²) in [5.74, 6) is 2.02. The number of H-pyrrole nitrogens is 1. The molecule has 3 heterocycles. The van der Waals surface area contributed by atoms with Gasteiger partial charge in [0.25, 0.3) is 5.91 Å². The fourth-order valence-corrected chi connectivity index (χ4v) is 3.35. The van der Waals surface area contributed by atoms with E-state index in [1.54, 1.807) is 0 Å². The van der Waals surface area contributed by atoms with Gasteiger partial charge >= 0.3 is 0 Å². The monoisotopic (exact) mass is 289 g/mol. The van der Waals surface area contributed by atoms with Crippen LogP contribution in [0.3, 0.4) is 0 Å². The van der Waals surface area contributed by atoms with Crippen LogP contribution in [0.1, 0.15) is 54.5 Å². The van der Waals surface area contributed by atoms with E-state index in [1.165, 1.54) is 0 Å². The number of nitrogens with one attached hydrogen (secondary N) is 2. The summed E-state index contributed by atoms with van der Waals surface area (Å²) in [4.78, 5) is 30.1. The van der Waals surface area contributed by atoms with Crippen molar-refractivity contribution in [2.75, 3.05) is 13.1 Å². The zero-order valence-electron chi connectivity index (χ0n) is 11.8. The lowest BCUT2D eigenvalue weighted by Crippen LogP contribution is -2.55. The van der Waals surface area contributed by atoms with Gasteiger partial charge in [0.2, 0.25) is 11.7 Å². The first-order valence-electron chi connectivity index (χ1n) is 7.71. The van der Waals surface area contributed by atoms with E-state index in [9.17, 15) is 9.59 Å². The second-order valence-corrected chi connectivity index (χ2v) is 6.33. The molecule has 3 aliphatic rings. The summed E-state index contributed by atoms with van der Waals surface area (Å²) < 4.78 is 0. The largest absolute Gasteiger partial charge is 0.353 e. The Balaban J connectivity index is 1.43. The van der Waals surface area contributed by atoms with E-state index in [0.717, 1.165) is 31.5 Å². The third-order valence-electron chi connectivity index (χ3n) is 4.77. The summed E-state index contributed by atoms with van der Waals surface area (Å²) in [6.45, 7) is 1.35. The Labute approximate surface area is 122 Å². The van der Waals surface area contributed by atoms with E-state index < -0.39 is 0 Å². The zero-order valence-corrected chi connectivity index (χ0v) is 11.8. The van der Waals surface area contributed by atoms with E-state index in [0.29, 0.717) is 31.3 Å². The number of hydrogen-bond donors (Lipinski definition) is 2. The molecule has 2 amide bonds. The van der Waals surface area contributed by atoms with Gasteiger partial charge in [0, 0.05) is 31.5 Å². The van der Waals surface area contributed by atoms with Crippen LogP contribution in [-0.4, -0.2) is 51.0 Å². The molecule has 4 rings (SSSR count). The minimum atomic E-state index is -0.0894. The molecule has 112 valence electrons. The number of aromatic nitrogens is 3. The number of likely N-dealkylation sites (tertiary alicyclic amines) is 1. The van der Waals surface area contributed by atoms with Crippen molar-refractivity contribution in [3.05, 3.63) is 11.6 Å². The van der Waals surface area contributed by atoms with Gasteiger partial charge in [-0.2, -0.15) is 0 Å². The fraction of sp³-hybridized carbons (Fsp3) is 0.714. The van der Waals surface area contributed by atoms with Crippen LogP contribution in [-0.2, 0) is 4.79 Å². The van der Waals surface area contributed by atoms with Gasteiger partial charge in [0.05, 0.1) is 0 Å². The average molecular weight is 289 g/mol. The Morgan fingerprint density at radius 3 is 2.90 bits per heavy atom. The van der Waals surface area contributed by atoms with Crippen LogP contribution in [0, 0.1) is 5.92 Å². The first-order chi connectivity index (χ1) is 10.2. The molecule has 1 aromatic heterocycles. The van der Waals surface area contributed by atoms with Gasteiger partial charge < -0.3 is 10.2 Å². The smallest absolute Gasteiger partial charge is 0.293 e. The second-order valence-electron chi connectivity index (χ2n) is 6.33. The van der Waals surface area contributed by atoms with Crippen molar-refractivity contribution >= 4 is 11.8 Å². The summed E-state index contributed by atoms with van der Waals surface area (Å²) in [5.41, 5.74) is 0. The summed E-state index contributed by atoms with van der Waals surface area (Å²) in [7, 11) is 0. The maximum absolute atomic E-state index is 12.5. The van der Waals surface area contributed by atoms with E-state index in [2.05, 4.69) is 20.5 Å². The van der Waals surface area contributed by atoms with E-state index in [-0.39, 0.29) is 23.7 Å². The Morgan fingerprint density at radius 2 is 2.10 bits per heavy atom. The molecule has 3 fully saturated rings. The minimum Gasteiger partial charge on any atom is -0.353 e. The molecule has 0 bridgehead atoms. The van der Waals surface area contributed by atoms with Crippen molar-refractivity contribution in [1.29, 1.82) is 0 Å². The van der Waals surface area contributed by atoms with Gasteiger partial charge in [-0.15, -0.1) is 5.10 Å². The van der Waals surface area contributed by atoms with Crippen LogP contribution in [0.25, 0.3) is 0 Å². The number of amides is 2. The Morgan fingerprint density at radius 1 is 1.24 bits per heavy atom. The van der Waals surface area contributed by atoms with Crippen molar-refractivity contribution in [3.8, 4) is 0 Å². The summed E-state index contributed by atoms with van der Waals surface area (Å²) in [6.07, 6.45) is 4.52. The minimum absolute atomic E-state index is 0.0894. The standard InChI is InChI=1S/C14H19N5O2/c20-11-4-3-9-7-19(6-5-10(9)15-11)14(21)13-16-12(17-18-13)8-1-2-8/h8-10H,1-7H2,(H,15,20)(H,16,17,18). The first-order valence-corrected chi connectivity index (χ1v) is 7.71. The lowest BCUT2D eigenvalue weighted by atomic mass is 9.85. The highest BCUT2D eigenvalue weighted by molar-refractivity contribution is 5.90. The quantitative estimate of drug-likeness (QED) is 0.825. The molecule has 0 radical (unpaired) electrons. The van der Waals surface area contributed by atoms with E-state index >= 15 is 0 Å². The molecule has 0 spiro atoms. The van der Waals surface area contributed by atoms with Crippen LogP contribution >= 0.6 is 0 Å². The third kappa shape index (κ3) is 2.41. The highest BCUT2D eigenvalue weighted by atomic mass is 16.2. The van der Waals surface area contributed by atoms with Gasteiger partial charge in [0.1, 0.15) is 5.82 Å². The predicted octanol–water partition coefficient (Wildman–Crippen LogP) is 0.423. The van der Waals surface area contributed by atoms with Crippen molar-refractivity contribution < 1.29 is 9.59 Å². The predicted molar refractivity (Wildman–Crippen MR) is 73.5 cm³/mol. The number of fused-ring (bicyclic) bond motifs is 1. The van der Waals surface area contributed by atoms with Crippen LogP contribution < -0.4 is 5.32 Å². The number of hydrogen-bond acceptors (Lipinski definition) is 4. The number of aromatic amines is 1. The molecule has 2 saturated heterocycles. The molecule has 1 aromatic rings. The summed E-state index contributed by atoms with van der Waals surface area (Å²) >= 11 is 0. The van der Waals surface area contributed by atoms with Gasteiger partial charge in [-0.1, -0.05) is 0 Å². The molecular formula is C14H19N5O2. The maximum atomic E-state index is 12.5. The lowest BCUT2D eigenvalue weighted by molar-refractivity contribution is -0.125. The van der Waals surface area contributed by atoms with Gasteiger partial charge in [-0.05, 0) is 31.6 Å². The normalized spacial score (nSPS) is 29.0. The van der Waals surface area contributed by atoms with Crippen molar-refractivity contribution in [3.63, 3.8) is 0 Å². The van der Waals surface area contributed by atoms with Crippen LogP contribution in [0.5, 0.6) is 0 Å². The summed E-state index contributed by atoms with van der Waals surface area (Å²) in [6, 6.07) is 0.226. The maximum Gasteiger partial charge on any atom is 0.293 e. The number of piperidine rings is 2. The number of carbonyl (C=O) groups excluding carboxylic acids is 2. The van der Waals surface area contributed by atoms with Crippen LogP contribution in [0.15, 0.2) is 0 Å². The molecule has 21 heavy (non-hydrogen) atoms. The van der Waals surface area contributed by atoms with Crippen molar-refractivity contribution in [1.82, 2.24) is 25.4 Å². The van der Waals surface area contributed by atoms with Gasteiger partial charge in [-0.25, -0.2) is 4.98 Å². The highest BCUT2D eigenvalue weighted by Gasteiger charge is 2.36. The molecule has 2 N–H and O–H groups in total. The molecule has 1 saturated carbocycles. The van der Waals surface area contributed by atoms with E-state index in [4.69, 9.17) is 0 Å². The molecule has 7 nitrogen and oxygen atoms in total. The van der Waals surface area contributed by atoms with Gasteiger partial charge in [0.15, 0.2) is 0 Å². The third-order valence-corrected chi connectivity index (χ3v) is 4.77. The topological polar surface area (TPSA) is 91.0 Å². The van der Waals surface area contributed by atoms with Gasteiger partial charge in [-0.3, -0.25) is 14.7 Å². The van der Waals surface area contributed by atoms with Crippen LogP contribution in [0.2, 0.25) is 0 Å². The number of carbonyl (C=O) groups is 2. The van der Waals surface area contributed by atoms with E-state index in [1.807, 2.05) is 4.90 Å². The average Bonchev–Trinajstić information content (AvgIpc) is 3.23. The lowest BCUT2D eigenvalue weighted by Gasteiger charge is -2.41. The fourth-order valence-electron chi connectivity index (χ4n) is 3.35. The zero-order chi connectivity index (χ0) is 14.4. The van der Waals surface area contributed by atoms with Crippen molar-refractivity contribution in [2.24, 2.45) is 5.92 Å². The van der Waals surface area contributed by atoms with Crippen molar-refractivity contribution in [2.45, 2.75) is 44.1 Å². The van der Waals surface area contributed by atoms with Crippen LogP contribution in [0.4, 0.5) is 0 Å². The molecule has 2 atom stereocenters. The Hall–Kier alpha value is -1.92. The Bertz CT molecular complexity index is 580. The summed E-state index contributed by atoms with van der Waals surface area (Å²) in [5, 5.41) is 9.99. The molecular weight excluding hydrogens is 270 g/mol. The molecule has 2 unspecified atom stereocenters. The highest BCUT2D eigenvalue weighted by Crippen LogP contribution is 2.37. The Kier molecular flexibility index (Phi) is 2.94. The molecule has 1 aliphatic carbocycles. The molecule has 7 heteroatoms. The molecule has 2 aliphatic heterocycles. The number of nitrogens with zero attached hydrogens (tertiary/aromatic N) is 3. The second kappa shape index (κ2) is 4.82. The first kappa shape index (κ1) is 12.8. The SMILES string of the molecule is O=C1CCC2CN(C(=O)c3n[nH]c(C4CC4)n3)CCC2N1.